The van der Waals surface area contributed by atoms with E-state index in [-0.39, 0.29) is 0 Å². The van der Waals surface area contributed by atoms with Crippen molar-refractivity contribution >= 4 is 33.4 Å². The summed E-state index contributed by atoms with van der Waals surface area (Å²) in [6.45, 7) is 5.96. The molecular weight excluding hydrogens is 398 g/mol. The lowest BCUT2D eigenvalue weighted by Gasteiger charge is -2.28. The van der Waals surface area contributed by atoms with E-state index >= 15 is 0 Å². The number of benzene rings is 1. The quantitative estimate of drug-likeness (QED) is 0.665. The SMILES string of the molecule is CO.O=S(c1cccc(N2CCCC2)c1)n1cc(N2CCNCC2)c2ncccc21. The number of rotatable bonds is 4. The van der Waals surface area contributed by atoms with Gasteiger partial charge in [0.15, 0.2) is 11.0 Å². The predicted octanol–water partition coefficient (Wildman–Crippen LogP) is 2.23. The van der Waals surface area contributed by atoms with Crippen LogP contribution in [0.1, 0.15) is 12.8 Å². The summed E-state index contributed by atoms with van der Waals surface area (Å²) in [7, 11) is -0.308. The first-order valence-electron chi connectivity index (χ1n) is 10.4. The Kier molecular flexibility index (Phi) is 6.66. The van der Waals surface area contributed by atoms with Crippen LogP contribution in [0, 0.1) is 0 Å². The molecule has 5 rings (SSSR count). The lowest BCUT2D eigenvalue weighted by atomic mass is 10.3. The van der Waals surface area contributed by atoms with Crippen LogP contribution >= 0.6 is 0 Å². The maximum atomic E-state index is 13.5. The van der Waals surface area contributed by atoms with Gasteiger partial charge in [0.05, 0.1) is 16.1 Å². The van der Waals surface area contributed by atoms with E-state index in [2.05, 4.69) is 32.2 Å². The molecule has 4 heterocycles. The summed E-state index contributed by atoms with van der Waals surface area (Å²) >= 11 is 0. The average molecular weight is 428 g/mol. The van der Waals surface area contributed by atoms with Crippen LogP contribution in [0.5, 0.6) is 0 Å². The van der Waals surface area contributed by atoms with E-state index in [1.807, 2.05) is 40.6 Å². The van der Waals surface area contributed by atoms with Crippen molar-refractivity contribution in [2.75, 3.05) is 56.2 Å². The topological polar surface area (TPSA) is 73.6 Å². The fraction of sp³-hybridized carbons (Fsp3) is 0.409. The average Bonchev–Trinajstić information content (AvgIpc) is 3.49. The molecule has 1 atom stereocenters. The van der Waals surface area contributed by atoms with Crippen molar-refractivity contribution in [2.45, 2.75) is 17.7 Å². The number of anilines is 2. The molecule has 2 N–H and O–H groups in total. The van der Waals surface area contributed by atoms with Gasteiger partial charge in [0, 0.05) is 64.5 Å². The molecule has 2 aliphatic heterocycles. The second kappa shape index (κ2) is 9.59. The standard InChI is InChI=1S/C21H25N5OS.CH4O/c27-28(18-6-3-5-17(15-18)24-11-1-2-12-24)26-16-20(25-13-9-22-10-14-25)21-19(26)7-4-8-23-21;1-2/h3-8,15-16,22H,1-2,9-14H2;2H,1H3. The second-order valence-corrected chi connectivity index (χ2v) is 8.75. The van der Waals surface area contributed by atoms with Gasteiger partial charge in [0.2, 0.25) is 0 Å². The van der Waals surface area contributed by atoms with E-state index in [9.17, 15) is 4.21 Å². The lowest BCUT2D eigenvalue weighted by molar-refractivity contribution is 0.399. The number of piperazine rings is 1. The maximum Gasteiger partial charge on any atom is 0.157 e. The zero-order chi connectivity index (χ0) is 20.9. The van der Waals surface area contributed by atoms with Gasteiger partial charge in [-0.15, -0.1) is 0 Å². The summed E-state index contributed by atoms with van der Waals surface area (Å²) < 4.78 is 15.4. The van der Waals surface area contributed by atoms with Gasteiger partial charge in [-0.25, -0.2) is 4.21 Å². The van der Waals surface area contributed by atoms with Crippen LogP contribution in [0.25, 0.3) is 11.0 Å². The fourth-order valence-electron chi connectivity index (χ4n) is 4.17. The Morgan fingerprint density at radius 3 is 2.53 bits per heavy atom. The molecule has 0 amide bonds. The van der Waals surface area contributed by atoms with Crippen molar-refractivity contribution in [1.82, 2.24) is 14.3 Å². The van der Waals surface area contributed by atoms with Gasteiger partial charge in [-0.2, -0.15) is 0 Å². The van der Waals surface area contributed by atoms with Crippen LogP contribution in [-0.2, 0) is 11.0 Å². The first kappa shape index (κ1) is 20.8. The summed E-state index contributed by atoms with van der Waals surface area (Å²) in [5.41, 5.74) is 4.08. The van der Waals surface area contributed by atoms with Gasteiger partial charge in [-0.3, -0.25) is 8.96 Å². The van der Waals surface area contributed by atoms with Crippen LogP contribution in [0.4, 0.5) is 11.4 Å². The smallest absolute Gasteiger partial charge is 0.157 e. The number of nitrogens with zero attached hydrogens (tertiary/aromatic N) is 4. The number of aromatic nitrogens is 2. The van der Waals surface area contributed by atoms with Gasteiger partial charge in [-0.05, 0) is 43.2 Å². The Labute approximate surface area is 179 Å². The predicted molar refractivity (Wildman–Crippen MR) is 123 cm³/mol. The third kappa shape index (κ3) is 4.08. The third-order valence-electron chi connectivity index (χ3n) is 5.63. The summed E-state index contributed by atoms with van der Waals surface area (Å²) in [6.07, 6.45) is 6.29. The van der Waals surface area contributed by atoms with Crippen molar-refractivity contribution in [3.05, 3.63) is 48.8 Å². The van der Waals surface area contributed by atoms with Crippen LogP contribution in [0.2, 0.25) is 0 Å². The number of pyridine rings is 1. The van der Waals surface area contributed by atoms with Crippen molar-refractivity contribution in [1.29, 1.82) is 0 Å². The minimum absolute atomic E-state index is 0.831. The molecule has 2 saturated heterocycles. The monoisotopic (exact) mass is 427 g/mol. The highest BCUT2D eigenvalue weighted by Crippen LogP contribution is 2.30. The van der Waals surface area contributed by atoms with Crippen molar-refractivity contribution in [3.63, 3.8) is 0 Å². The molecule has 3 aromatic rings. The highest BCUT2D eigenvalue weighted by Gasteiger charge is 2.21. The third-order valence-corrected chi connectivity index (χ3v) is 6.95. The van der Waals surface area contributed by atoms with E-state index in [0.717, 1.165) is 68.0 Å². The molecule has 0 aliphatic carbocycles. The molecule has 1 unspecified atom stereocenters. The largest absolute Gasteiger partial charge is 0.400 e. The highest BCUT2D eigenvalue weighted by molar-refractivity contribution is 7.83. The van der Waals surface area contributed by atoms with Crippen molar-refractivity contribution < 1.29 is 9.32 Å². The number of hydrogen-bond donors (Lipinski definition) is 2. The number of aliphatic hydroxyl groups excluding tert-OH is 1. The van der Waals surface area contributed by atoms with E-state index in [0.29, 0.717) is 0 Å². The van der Waals surface area contributed by atoms with Crippen LogP contribution in [0.3, 0.4) is 0 Å². The van der Waals surface area contributed by atoms with Crippen LogP contribution < -0.4 is 15.1 Å². The maximum absolute atomic E-state index is 13.5. The molecule has 2 aromatic heterocycles. The van der Waals surface area contributed by atoms with E-state index in [1.165, 1.54) is 18.5 Å². The molecule has 7 nitrogen and oxygen atoms in total. The van der Waals surface area contributed by atoms with E-state index in [4.69, 9.17) is 5.11 Å². The molecule has 0 saturated carbocycles. The van der Waals surface area contributed by atoms with Gasteiger partial charge in [0.25, 0.3) is 0 Å². The fourth-order valence-corrected chi connectivity index (χ4v) is 5.33. The van der Waals surface area contributed by atoms with Crippen LogP contribution in [0.15, 0.2) is 53.7 Å². The van der Waals surface area contributed by atoms with Crippen LogP contribution in [-0.4, -0.2) is 64.7 Å². The Morgan fingerprint density at radius 1 is 1.00 bits per heavy atom. The Bertz CT molecular complexity index is 1010. The number of fused-ring (bicyclic) bond motifs is 1. The summed E-state index contributed by atoms with van der Waals surface area (Å²) in [6, 6.07) is 12.1. The first-order chi connectivity index (χ1) is 14.8. The van der Waals surface area contributed by atoms with Crippen molar-refractivity contribution in [2.24, 2.45) is 0 Å². The zero-order valence-corrected chi connectivity index (χ0v) is 18.1. The molecule has 1 aromatic carbocycles. The molecule has 160 valence electrons. The minimum Gasteiger partial charge on any atom is -0.400 e. The van der Waals surface area contributed by atoms with Gasteiger partial charge < -0.3 is 20.2 Å². The van der Waals surface area contributed by atoms with Crippen molar-refractivity contribution in [3.8, 4) is 0 Å². The van der Waals surface area contributed by atoms with E-state index < -0.39 is 11.0 Å². The molecule has 0 bridgehead atoms. The molecule has 0 spiro atoms. The molecular formula is C22H29N5O2S. The van der Waals surface area contributed by atoms with Gasteiger partial charge >= 0.3 is 0 Å². The lowest BCUT2D eigenvalue weighted by Crippen LogP contribution is -2.43. The number of nitrogens with one attached hydrogen (secondary N) is 1. The summed E-state index contributed by atoms with van der Waals surface area (Å²) in [5, 5.41) is 10.4. The summed E-state index contributed by atoms with van der Waals surface area (Å²) in [5.74, 6) is 0. The van der Waals surface area contributed by atoms with Gasteiger partial charge in [-0.1, -0.05) is 6.07 Å². The highest BCUT2D eigenvalue weighted by atomic mass is 32.2. The Morgan fingerprint density at radius 2 is 1.77 bits per heavy atom. The minimum atomic E-state index is -1.31. The molecule has 30 heavy (non-hydrogen) atoms. The Balaban J connectivity index is 0.00000106. The zero-order valence-electron chi connectivity index (χ0n) is 17.3. The number of hydrogen-bond acceptors (Lipinski definition) is 6. The second-order valence-electron chi connectivity index (χ2n) is 7.39. The molecule has 8 heteroatoms. The normalized spacial score (nSPS) is 17.7. The van der Waals surface area contributed by atoms with Gasteiger partial charge in [0.1, 0.15) is 5.52 Å². The first-order valence-corrected chi connectivity index (χ1v) is 11.6. The number of aliphatic hydroxyl groups is 1. The summed E-state index contributed by atoms with van der Waals surface area (Å²) in [4.78, 5) is 10.1. The molecule has 2 aliphatic rings. The molecule has 0 radical (unpaired) electrons. The Hall–Kier alpha value is -2.42. The van der Waals surface area contributed by atoms with E-state index in [1.54, 1.807) is 0 Å². The molecule has 2 fully saturated rings.